The van der Waals surface area contributed by atoms with E-state index >= 15 is 0 Å². The third-order valence-corrected chi connectivity index (χ3v) is 3.28. The Hall–Kier alpha value is -2.11. The van der Waals surface area contributed by atoms with Gasteiger partial charge in [0.2, 0.25) is 0 Å². The van der Waals surface area contributed by atoms with Crippen LogP contribution in [0.25, 0.3) is 11.0 Å². The van der Waals surface area contributed by atoms with Crippen molar-refractivity contribution in [1.29, 1.82) is 0 Å². The van der Waals surface area contributed by atoms with Gasteiger partial charge in [0.25, 0.3) is 0 Å². The second-order valence-corrected chi connectivity index (χ2v) is 5.12. The Morgan fingerprint density at radius 3 is 2.90 bits per heavy atom. The summed E-state index contributed by atoms with van der Waals surface area (Å²) in [5, 5.41) is 18.7. The molecule has 1 unspecified atom stereocenters. The first-order chi connectivity index (χ1) is 10.2. The summed E-state index contributed by atoms with van der Waals surface area (Å²) in [6.45, 7) is 0.482. The number of aliphatic hydroxyl groups excluding tert-OH is 1. The van der Waals surface area contributed by atoms with Gasteiger partial charge >= 0.3 is 0 Å². The predicted octanol–water partition coefficient (Wildman–Crippen LogP) is 2.52. The van der Waals surface area contributed by atoms with Gasteiger partial charge in [-0.15, -0.1) is 5.10 Å². The molecule has 0 fully saturated rings. The second-order valence-electron chi connectivity index (χ2n) is 4.68. The molecular weight excluding hydrogens is 290 g/mol. The molecule has 3 aromatic rings. The lowest BCUT2D eigenvalue weighted by Gasteiger charge is -2.12. The fraction of sp³-hybridized carbons (Fsp3) is 0.200. The molecule has 0 aliphatic heterocycles. The highest BCUT2D eigenvalue weighted by atomic mass is 35.5. The summed E-state index contributed by atoms with van der Waals surface area (Å²) in [5.41, 5.74) is 1.69. The minimum Gasteiger partial charge on any atom is -0.491 e. The van der Waals surface area contributed by atoms with Crippen molar-refractivity contribution in [2.24, 2.45) is 0 Å². The van der Waals surface area contributed by atoms with Gasteiger partial charge in [0.05, 0.1) is 12.1 Å². The van der Waals surface area contributed by atoms with Crippen LogP contribution in [0.5, 0.6) is 5.75 Å². The number of nitrogens with zero attached hydrogens (tertiary/aromatic N) is 3. The number of rotatable bonds is 5. The standard InChI is InChI=1S/C15H14ClN3O2/c16-11-4-3-5-13(8-11)21-10-12(20)9-19-15-7-2-1-6-14(15)17-18-19/h1-8,12,20H,9-10H2. The first kappa shape index (κ1) is 13.9. The molecule has 0 radical (unpaired) electrons. The number of halogens is 1. The van der Waals surface area contributed by atoms with E-state index in [0.29, 0.717) is 17.3 Å². The van der Waals surface area contributed by atoms with E-state index in [1.165, 1.54) is 0 Å². The zero-order valence-electron chi connectivity index (χ0n) is 11.2. The Labute approximate surface area is 126 Å². The summed E-state index contributed by atoms with van der Waals surface area (Å²) in [5.74, 6) is 0.630. The fourth-order valence-electron chi connectivity index (χ4n) is 2.05. The smallest absolute Gasteiger partial charge is 0.120 e. The topological polar surface area (TPSA) is 60.2 Å². The third-order valence-electron chi connectivity index (χ3n) is 3.04. The molecule has 1 aromatic heterocycles. The maximum absolute atomic E-state index is 10.1. The van der Waals surface area contributed by atoms with Crippen LogP contribution in [0, 0.1) is 0 Å². The average Bonchev–Trinajstić information content (AvgIpc) is 2.89. The van der Waals surface area contributed by atoms with E-state index in [0.717, 1.165) is 11.0 Å². The Kier molecular flexibility index (Phi) is 4.03. The van der Waals surface area contributed by atoms with Crippen molar-refractivity contribution < 1.29 is 9.84 Å². The first-order valence-electron chi connectivity index (χ1n) is 6.57. The SMILES string of the molecule is OC(COc1cccc(Cl)c1)Cn1nnc2ccccc21. The largest absolute Gasteiger partial charge is 0.491 e. The molecule has 0 aliphatic rings. The minimum absolute atomic E-state index is 0.161. The van der Waals surface area contributed by atoms with Crippen LogP contribution in [0.4, 0.5) is 0 Å². The molecule has 21 heavy (non-hydrogen) atoms. The van der Waals surface area contributed by atoms with Gasteiger partial charge in [-0.05, 0) is 30.3 Å². The van der Waals surface area contributed by atoms with Crippen molar-refractivity contribution in [3.8, 4) is 5.75 Å². The molecule has 0 saturated heterocycles. The van der Waals surface area contributed by atoms with Crippen molar-refractivity contribution in [2.75, 3.05) is 6.61 Å². The second kappa shape index (κ2) is 6.11. The highest BCUT2D eigenvalue weighted by molar-refractivity contribution is 6.30. The van der Waals surface area contributed by atoms with Crippen molar-refractivity contribution in [2.45, 2.75) is 12.6 Å². The molecule has 3 rings (SSSR count). The van der Waals surface area contributed by atoms with Gasteiger partial charge in [-0.3, -0.25) is 0 Å². The quantitative estimate of drug-likeness (QED) is 0.787. The van der Waals surface area contributed by atoms with Gasteiger partial charge in [-0.1, -0.05) is 35.0 Å². The van der Waals surface area contributed by atoms with Gasteiger partial charge in [-0.25, -0.2) is 4.68 Å². The van der Waals surface area contributed by atoms with Gasteiger partial charge < -0.3 is 9.84 Å². The molecule has 0 bridgehead atoms. The van der Waals surface area contributed by atoms with Crippen molar-refractivity contribution in [3.05, 3.63) is 53.6 Å². The van der Waals surface area contributed by atoms with Crippen LogP contribution < -0.4 is 4.74 Å². The average molecular weight is 304 g/mol. The Bertz CT molecular complexity index is 744. The van der Waals surface area contributed by atoms with Crippen LogP contribution >= 0.6 is 11.6 Å². The van der Waals surface area contributed by atoms with Crippen molar-refractivity contribution in [1.82, 2.24) is 15.0 Å². The summed E-state index contributed by atoms with van der Waals surface area (Å²) in [6.07, 6.45) is -0.686. The third kappa shape index (κ3) is 3.32. The number of fused-ring (bicyclic) bond motifs is 1. The van der Waals surface area contributed by atoms with Gasteiger partial charge in [0.1, 0.15) is 24.0 Å². The van der Waals surface area contributed by atoms with Crippen LogP contribution in [0.2, 0.25) is 5.02 Å². The van der Waals surface area contributed by atoms with E-state index in [4.69, 9.17) is 16.3 Å². The number of hydrogen-bond donors (Lipinski definition) is 1. The first-order valence-corrected chi connectivity index (χ1v) is 6.95. The van der Waals surface area contributed by atoms with Crippen LogP contribution in [0.3, 0.4) is 0 Å². The molecule has 6 heteroatoms. The van der Waals surface area contributed by atoms with Crippen molar-refractivity contribution in [3.63, 3.8) is 0 Å². The minimum atomic E-state index is -0.686. The molecule has 1 heterocycles. The predicted molar refractivity (Wildman–Crippen MR) is 80.5 cm³/mol. The molecule has 1 atom stereocenters. The number of benzene rings is 2. The Balaban J connectivity index is 1.62. The zero-order chi connectivity index (χ0) is 14.7. The van der Waals surface area contributed by atoms with Gasteiger partial charge in [0.15, 0.2) is 0 Å². The summed E-state index contributed by atoms with van der Waals surface area (Å²) in [7, 11) is 0. The van der Waals surface area contributed by atoms with E-state index in [9.17, 15) is 5.11 Å². The molecule has 108 valence electrons. The molecule has 0 saturated carbocycles. The van der Waals surface area contributed by atoms with E-state index < -0.39 is 6.10 Å². The molecule has 0 spiro atoms. The molecular formula is C15H14ClN3O2. The zero-order valence-corrected chi connectivity index (χ0v) is 11.9. The van der Waals surface area contributed by atoms with E-state index in [2.05, 4.69) is 10.3 Å². The monoisotopic (exact) mass is 303 g/mol. The molecule has 0 amide bonds. The maximum atomic E-state index is 10.1. The normalized spacial score (nSPS) is 12.5. The van der Waals surface area contributed by atoms with E-state index in [1.807, 2.05) is 24.3 Å². The number of aromatic nitrogens is 3. The number of para-hydroxylation sites is 1. The lowest BCUT2D eigenvalue weighted by Crippen LogP contribution is -2.24. The summed E-state index contributed by atoms with van der Waals surface area (Å²) in [4.78, 5) is 0. The van der Waals surface area contributed by atoms with Crippen LogP contribution in [0.15, 0.2) is 48.5 Å². The summed E-state index contributed by atoms with van der Waals surface area (Å²) in [6, 6.07) is 14.7. The fourth-order valence-corrected chi connectivity index (χ4v) is 2.23. The summed E-state index contributed by atoms with van der Waals surface area (Å²) < 4.78 is 7.18. The van der Waals surface area contributed by atoms with Crippen LogP contribution in [-0.4, -0.2) is 32.8 Å². The molecule has 0 aliphatic carbocycles. The van der Waals surface area contributed by atoms with Crippen molar-refractivity contribution >= 4 is 22.6 Å². The highest BCUT2D eigenvalue weighted by Crippen LogP contribution is 2.17. The molecule has 1 N–H and O–H groups in total. The van der Waals surface area contributed by atoms with Gasteiger partial charge in [-0.2, -0.15) is 0 Å². The highest BCUT2D eigenvalue weighted by Gasteiger charge is 2.10. The van der Waals surface area contributed by atoms with Crippen LogP contribution in [-0.2, 0) is 6.54 Å². The maximum Gasteiger partial charge on any atom is 0.120 e. The van der Waals surface area contributed by atoms with Crippen LogP contribution in [0.1, 0.15) is 0 Å². The Morgan fingerprint density at radius 1 is 1.19 bits per heavy atom. The lowest BCUT2D eigenvalue weighted by molar-refractivity contribution is 0.0899. The van der Waals surface area contributed by atoms with E-state index in [1.54, 1.807) is 28.9 Å². The molecule has 2 aromatic carbocycles. The number of aliphatic hydroxyl groups is 1. The number of hydrogen-bond acceptors (Lipinski definition) is 4. The Morgan fingerprint density at radius 2 is 2.05 bits per heavy atom. The van der Waals surface area contributed by atoms with E-state index in [-0.39, 0.29) is 6.61 Å². The molecule has 5 nitrogen and oxygen atoms in total. The lowest BCUT2D eigenvalue weighted by atomic mass is 10.3. The summed E-state index contributed by atoms with van der Waals surface area (Å²) >= 11 is 5.88. The number of ether oxygens (including phenoxy) is 1. The van der Waals surface area contributed by atoms with Gasteiger partial charge in [0, 0.05) is 5.02 Å².